The van der Waals surface area contributed by atoms with Gasteiger partial charge in [0.25, 0.3) is 0 Å². The van der Waals surface area contributed by atoms with Crippen molar-refractivity contribution in [2.45, 2.75) is 13.8 Å². The van der Waals surface area contributed by atoms with E-state index in [9.17, 15) is 9.59 Å². The van der Waals surface area contributed by atoms with Crippen molar-refractivity contribution >= 4 is 11.9 Å². The molecule has 0 atom stereocenters. The first-order valence-electron chi connectivity index (χ1n) is 3.77. The number of rotatable bonds is 2. The lowest BCUT2D eigenvalue weighted by Gasteiger charge is -1.98. The smallest absolute Gasteiger partial charge is 0.347 e. The molecule has 0 radical (unpaired) electrons. The maximum Gasteiger partial charge on any atom is 0.347 e. The minimum absolute atomic E-state index is 0.248. The number of carbonyl (C=O) groups excluding carboxylic acids is 2. The Hall–Kier alpha value is -1.64. The van der Waals surface area contributed by atoms with Gasteiger partial charge < -0.3 is 4.74 Å². The van der Waals surface area contributed by atoms with Crippen LogP contribution in [0.4, 0.5) is 0 Å². The van der Waals surface area contributed by atoms with Gasteiger partial charge in [-0.05, 0) is 25.0 Å². The maximum absolute atomic E-state index is 11.1. The largest absolute Gasteiger partial charge is 0.386 e. The van der Waals surface area contributed by atoms with Crippen molar-refractivity contribution in [3.63, 3.8) is 0 Å². The predicted octanol–water partition coefficient (Wildman–Crippen LogP) is 1.52. The fraction of sp³-hybridized carbons (Fsp3) is 0.200. The molecule has 13 heavy (non-hydrogen) atoms. The molecule has 0 saturated heterocycles. The number of ether oxygens (including phenoxy) is 1. The molecule has 1 rings (SSSR count). The lowest BCUT2D eigenvalue weighted by atomic mass is 10.00. The summed E-state index contributed by atoms with van der Waals surface area (Å²) >= 11 is 0. The van der Waals surface area contributed by atoms with Crippen molar-refractivity contribution in [2.75, 3.05) is 0 Å². The zero-order chi connectivity index (χ0) is 10.2. The monoisotopic (exact) mass is 178 g/mol. The molecule has 1 heterocycles. The molecule has 0 aromatic carbocycles. The van der Waals surface area contributed by atoms with E-state index in [1.54, 1.807) is 13.8 Å². The summed E-state index contributed by atoms with van der Waals surface area (Å²) in [7, 11) is 0. The third kappa shape index (κ3) is 1.45. The van der Waals surface area contributed by atoms with Gasteiger partial charge in [-0.15, -0.1) is 0 Å². The summed E-state index contributed by atoms with van der Waals surface area (Å²) in [6.45, 7) is 10.5. The Bertz CT molecular complexity index is 324. The molecule has 0 bridgehead atoms. The molecule has 3 heteroatoms. The van der Waals surface area contributed by atoms with Crippen molar-refractivity contribution in [3.8, 4) is 0 Å². The van der Waals surface area contributed by atoms with Crippen molar-refractivity contribution in [3.05, 3.63) is 35.5 Å². The van der Waals surface area contributed by atoms with Crippen LogP contribution in [0.1, 0.15) is 13.8 Å². The van der Waals surface area contributed by atoms with Crippen LogP contribution in [0, 0.1) is 0 Å². The Morgan fingerprint density at radius 3 is 1.54 bits per heavy atom. The van der Waals surface area contributed by atoms with Gasteiger partial charge in [0, 0.05) is 0 Å². The van der Waals surface area contributed by atoms with Gasteiger partial charge in [-0.25, -0.2) is 9.59 Å². The molecule has 0 N–H and O–H groups in total. The van der Waals surface area contributed by atoms with Gasteiger partial charge in [-0.1, -0.05) is 13.2 Å². The molecule has 0 aromatic rings. The Kier molecular flexibility index (Phi) is 2.19. The van der Waals surface area contributed by atoms with E-state index in [4.69, 9.17) is 0 Å². The van der Waals surface area contributed by atoms with E-state index in [0.29, 0.717) is 11.1 Å². The topological polar surface area (TPSA) is 43.4 Å². The van der Waals surface area contributed by atoms with Crippen molar-refractivity contribution < 1.29 is 14.3 Å². The third-order valence-corrected chi connectivity index (χ3v) is 1.70. The molecule has 1 aliphatic rings. The number of hydrogen-bond acceptors (Lipinski definition) is 3. The van der Waals surface area contributed by atoms with Crippen molar-refractivity contribution in [1.82, 2.24) is 0 Å². The average molecular weight is 178 g/mol. The molecule has 0 amide bonds. The highest BCUT2D eigenvalue weighted by Gasteiger charge is 2.33. The molecule has 0 saturated carbocycles. The van der Waals surface area contributed by atoms with E-state index in [1.807, 2.05) is 0 Å². The SMILES string of the molecule is C=C(C)C1=C(C(=C)C)C(=O)OC1=O. The van der Waals surface area contributed by atoms with Gasteiger partial charge in [-0.3, -0.25) is 0 Å². The van der Waals surface area contributed by atoms with Gasteiger partial charge in [0.05, 0.1) is 11.1 Å². The summed E-state index contributed by atoms with van der Waals surface area (Å²) in [5.74, 6) is -1.26. The fourth-order valence-corrected chi connectivity index (χ4v) is 1.17. The Balaban J connectivity index is 3.34. The molecular weight excluding hydrogens is 168 g/mol. The number of carbonyl (C=O) groups is 2. The van der Waals surface area contributed by atoms with Crippen LogP contribution < -0.4 is 0 Å². The standard InChI is InChI=1S/C10H10O3/c1-5(2)7-8(6(3)4)10(12)13-9(7)11/h1,3H2,2,4H3. The minimum Gasteiger partial charge on any atom is -0.386 e. The summed E-state index contributed by atoms with van der Waals surface area (Å²) in [6, 6.07) is 0. The first kappa shape index (κ1) is 9.45. The Labute approximate surface area is 76.4 Å². The average Bonchev–Trinajstić information content (AvgIpc) is 2.24. The summed E-state index contributed by atoms with van der Waals surface area (Å²) in [6.07, 6.45) is 0. The lowest BCUT2D eigenvalue weighted by Crippen LogP contribution is -2.02. The van der Waals surface area contributed by atoms with Crippen LogP contribution >= 0.6 is 0 Å². The molecule has 0 fully saturated rings. The number of hydrogen-bond donors (Lipinski definition) is 0. The van der Waals surface area contributed by atoms with Crippen LogP contribution in [0.5, 0.6) is 0 Å². The minimum atomic E-state index is -0.629. The van der Waals surface area contributed by atoms with Crippen LogP contribution in [0.3, 0.4) is 0 Å². The van der Waals surface area contributed by atoms with Gasteiger partial charge >= 0.3 is 11.9 Å². The highest BCUT2D eigenvalue weighted by molar-refractivity contribution is 6.16. The summed E-state index contributed by atoms with van der Waals surface area (Å²) in [4.78, 5) is 22.3. The second-order valence-electron chi connectivity index (χ2n) is 2.99. The second kappa shape index (κ2) is 3.01. The molecule has 68 valence electrons. The normalized spacial score (nSPS) is 16.2. The molecule has 0 aromatic heterocycles. The molecule has 3 nitrogen and oxygen atoms in total. The van der Waals surface area contributed by atoms with Gasteiger partial charge in [0.15, 0.2) is 0 Å². The van der Waals surface area contributed by atoms with Gasteiger partial charge in [0.2, 0.25) is 0 Å². The Morgan fingerprint density at radius 1 is 1.00 bits per heavy atom. The number of cyclic esters (lactones) is 2. The van der Waals surface area contributed by atoms with Crippen LogP contribution in [-0.4, -0.2) is 11.9 Å². The fourth-order valence-electron chi connectivity index (χ4n) is 1.17. The first-order valence-corrected chi connectivity index (χ1v) is 3.77. The van der Waals surface area contributed by atoms with E-state index in [2.05, 4.69) is 17.9 Å². The molecule has 1 aliphatic heterocycles. The van der Waals surface area contributed by atoms with E-state index in [-0.39, 0.29) is 11.1 Å². The zero-order valence-corrected chi connectivity index (χ0v) is 7.64. The predicted molar refractivity (Wildman–Crippen MR) is 47.8 cm³/mol. The summed E-state index contributed by atoms with van der Waals surface area (Å²) in [5, 5.41) is 0. The van der Waals surface area contributed by atoms with Crippen LogP contribution in [-0.2, 0) is 14.3 Å². The molecular formula is C10H10O3. The highest BCUT2D eigenvalue weighted by Crippen LogP contribution is 2.27. The van der Waals surface area contributed by atoms with Gasteiger partial charge in [-0.2, -0.15) is 0 Å². The first-order chi connectivity index (χ1) is 5.95. The van der Waals surface area contributed by atoms with Crippen LogP contribution in [0.25, 0.3) is 0 Å². The van der Waals surface area contributed by atoms with E-state index in [1.165, 1.54) is 0 Å². The van der Waals surface area contributed by atoms with E-state index >= 15 is 0 Å². The van der Waals surface area contributed by atoms with Crippen molar-refractivity contribution in [1.29, 1.82) is 0 Å². The Morgan fingerprint density at radius 2 is 1.31 bits per heavy atom. The quantitative estimate of drug-likeness (QED) is 0.475. The second-order valence-corrected chi connectivity index (χ2v) is 2.99. The molecule has 0 unspecified atom stereocenters. The maximum atomic E-state index is 11.1. The van der Waals surface area contributed by atoms with Crippen LogP contribution in [0.15, 0.2) is 35.5 Å². The van der Waals surface area contributed by atoms with Crippen LogP contribution in [0.2, 0.25) is 0 Å². The van der Waals surface area contributed by atoms with E-state index < -0.39 is 11.9 Å². The third-order valence-electron chi connectivity index (χ3n) is 1.70. The zero-order valence-electron chi connectivity index (χ0n) is 7.64. The highest BCUT2D eigenvalue weighted by atomic mass is 16.6. The number of esters is 2. The molecule has 0 spiro atoms. The van der Waals surface area contributed by atoms with Gasteiger partial charge in [0.1, 0.15) is 0 Å². The van der Waals surface area contributed by atoms with E-state index in [0.717, 1.165) is 0 Å². The lowest BCUT2D eigenvalue weighted by molar-refractivity contribution is -0.150. The summed E-state index contributed by atoms with van der Waals surface area (Å²) in [5.41, 5.74) is 1.54. The van der Waals surface area contributed by atoms with Crippen molar-refractivity contribution in [2.24, 2.45) is 0 Å². The summed E-state index contributed by atoms with van der Waals surface area (Å²) < 4.78 is 4.44. The molecule has 0 aliphatic carbocycles.